The largest absolute Gasteiger partial charge is 0.431 e. The van der Waals surface area contributed by atoms with E-state index in [0.717, 1.165) is 22.1 Å². The summed E-state index contributed by atoms with van der Waals surface area (Å²) in [4.78, 5) is 16.3. The normalized spacial score (nSPS) is 10.6. The Morgan fingerprint density at radius 3 is 2.88 bits per heavy atom. The second-order valence-corrected chi connectivity index (χ2v) is 7.23. The van der Waals surface area contributed by atoms with Gasteiger partial charge in [-0.1, -0.05) is 58.9 Å². The highest BCUT2D eigenvalue weighted by molar-refractivity contribution is 9.10. The Morgan fingerprint density at radius 2 is 2.08 bits per heavy atom. The summed E-state index contributed by atoms with van der Waals surface area (Å²) < 4.78 is 6.69. The quantitative estimate of drug-likeness (QED) is 0.546. The third-order valence-corrected chi connectivity index (χ3v) is 4.87. The minimum absolute atomic E-state index is 0.0829. The van der Waals surface area contributed by atoms with Crippen LogP contribution in [0.5, 0.6) is 0 Å². The molecule has 0 atom stereocenters. The number of oxazole rings is 1. The minimum Gasteiger partial charge on any atom is -0.431 e. The van der Waals surface area contributed by atoms with Gasteiger partial charge in [-0.3, -0.25) is 4.79 Å². The van der Waals surface area contributed by atoms with E-state index in [4.69, 9.17) is 4.42 Å². The summed E-state index contributed by atoms with van der Waals surface area (Å²) in [5.41, 5.74) is 2.94. The van der Waals surface area contributed by atoms with Crippen molar-refractivity contribution < 1.29 is 9.21 Å². The number of hydrogen-bond donors (Lipinski definition) is 1. The number of rotatable bonds is 6. The van der Waals surface area contributed by atoms with Gasteiger partial charge in [0.1, 0.15) is 0 Å². The molecule has 1 N–H and O–H groups in total. The van der Waals surface area contributed by atoms with Crippen LogP contribution in [0.2, 0.25) is 0 Å². The van der Waals surface area contributed by atoms with Gasteiger partial charge in [0.15, 0.2) is 5.76 Å². The molecule has 1 amide bonds. The third-order valence-electron chi connectivity index (χ3n) is 3.54. The zero-order valence-corrected chi connectivity index (χ0v) is 16.1. The molecule has 0 aliphatic carbocycles. The average Bonchev–Trinajstić information content (AvgIpc) is 3.09. The Balaban J connectivity index is 1.57. The fourth-order valence-electron chi connectivity index (χ4n) is 2.29. The van der Waals surface area contributed by atoms with Crippen molar-refractivity contribution in [2.45, 2.75) is 18.6 Å². The van der Waals surface area contributed by atoms with Crippen molar-refractivity contribution in [1.82, 2.24) is 4.98 Å². The van der Waals surface area contributed by atoms with Crippen LogP contribution in [0.15, 0.2) is 68.8 Å². The maximum Gasteiger partial charge on any atom is 0.256 e. The summed E-state index contributed by atoms with van der Waals surface area (Å²) in [5.74, 6) is 0.842. The molecule has 0 fully saturated rings. The molecule has 0 aliphatic rings. The molecular formula is C19H17BrN2O2S. The predicted molar refractivity (Wildman–Crippen MR) is 105 cm³/mol. The molecule has 0 radical (unpaired) electrons. The lowest BCUT2D eigenvalue weighted by atomic mass is 10.1. The van der Waals surface area contributed by atoms with E-state index in [0.29, 0.717) is 11.0 Å². The highest BCUT2D eigenvalue weighted by Gasteiger charge is 2.10. The van der Waals surface area contributed by atoms with Crippen LogP contribution in [-0.2, 0) is 11.2 Å². The van der Waals surface area contributed by atoms with Gasteiger partial charge in [-0.15, -0.1) is 0 Å². The summed E-state index contributed by atoms with van der Waals surface area (Å²) in [6.45, 7) is 2.09. The van der Waals surface area contributed by atoms with E-state index in [-0.39, 0.29) is 11.7 Å². The Bertz CT molecular complexity index is 879. The first-order chi connectivity index (χ1) is 12.1. The Kier molecular flexibility index (Phi) is 5.94. The zero-order valence-electron chi connectivity index (χ0n) is 13.7. The number of carbonyl (C=O) groups excluding carboxylic acids is 1. The van der Waals surface area contributed by atoms with E-state index < -0.39 is 0 Å². The van der Waals surface area contributed by atoms with Crippen LogP contribution in [0.1, 0.15) is 12.5 Å². The van der Waals surface area contributed by atoms with Gasteiger partial charge in [0.2, 0.25) is 5.91 Å². The predicted octanol–water partition coefficient (Wildman–Crippen LogP) is 5.40. The number of nitrogens with zero attached hydrogens (tertiary/aromatic N) is 1. The van der Waals surface area contributed by atoms with E-state index >= 15 is 0 Å². The summed E-state index contributed by atoms with van der Waals surface area (Å²) >= 11 is 4.71. The maximum atomic E-state index is 12.1. The molecule has 25 heavy (non-hydrogen) atoms. The standard InChI is InChI=1S/C19H17BrN2O2S/c1-2-13-5-3-8-16(9-13)22-18(23)12-25-19-21-11-17(24-19)14-6-4-7-15(20)10-14/h3-11H,2,12H2,1H3,(H,22,23). The first-order valence-corrected chi connectivity index (χ1v) is 9.65. The molecular weight excluding hydrogens is 400 g/mol. The highest BCUT2D eigenvalue weighted by atomic mass is 79.9. The van der Waals surface area contributed by atoms with Gasteiger partial charge in [0.05, 0.1) is 11.9 Å². The van der Waals surface area contributed by atoms with Crippen molar-refractivity contribution in [3.05, 3.63) is 64.8 Å². The topological polar surface area (TPSA) is 55.1 Å². The van der Waals surface area contributed by atoms with Gasteiger partial charge in [0, 0.05) is 15.7 Å². The summed E-state index contributed by atoms with van der Waals surface area (Å²) in [6, 6.07) is 15.7. The van der Waals surface area contributed by atoms with Crippen molar-refractivity contribution in [3.8, 4) is 11.3 Å². The monoisotopic (exact) mass is 416 g/mol. The summed E-state index contributed by atoms with van der Waals surface area (Å²) in [6.07, 6.45) is 2.61. The van der Waals surface area contributed by atoms with E-state index in [1.807, 2.05) is 48.5 Å². The Morgan fingerprint density at radius 1 is 1.24 bits per heavy atom. The number of halogens is 1. The van der Waals surface area contributed by atoms with E-state index in [1.54, 1.807) is 6.20 Å². The number of aromatic nitrogens is 1. The number of carbonyl (C=O) groups is 1. The molecule has 1 aromatic heterocycles. The Hall–Kier alpha value is -2.05. The van der Waals surface area contributed by atoms with Gasteiger partial charge >= 0.3 is 0 Å². The molecule has 128 valence electrons. The van der Waals surface area contributed by atoms with Gasteiger partial charge in [-0.25, -0.2) is 4.98 Å². The second kappa shape index (κ2) is 8.36. The lowest BCUT2D eigenvalue weighted by Crippen LogP contribution is -2.14. The SMILES string of the molecule is CCc1cccc(NC(=O)CSc2ncc(-c3cccc(Br)c3)o2)c1. The van der Waals surface area contributed by atoms with Gasteiger partial charge in [-0.2, -0.15) is 0 Å². The molecule has 6 heteroatoms. The van der Waals surface area contributed by atoms with Crippen LogP contribution in [0.3, 0.4) is 0 Å². The lowest BCUT2D eigenvalue weighted by molar-refractivity contribution is -0.113. The molecule has 0 spiro atoms. The number of aryl methyl sites for hydroxylation is 1. The molecule has 3 rings (SSSR count). The fourth-order valence-corrected chi connectivity index (χ4v) is 3.30. The fraction of sp³-hybridized carbons (Fsp3) is 0.158. The highest BCUT2D eigenvalue weighted by Crippen LogP contribution is 2.27. The number of nitrogens with one attached hydrogen (secondary N) is 1. The summed E-state index contributed by atoms with van der Waals surface area (Å²) in [7, 11) is 0. The van der Waals surface area contributed by atoms with Crippen LogP contribution in [0.4, 0.5) is 5.69 Å². The third kappa shape index (κ3) is 4.96. The van der Waals surface area contributed by atoms with Crippen LogP contribution < -0.4 is 5.32 Å². The van der Waals surface area contributed by atoms with Crippen molar-refractivity contribution >= 4 is 39.3 Å². The van der Waals surface area contributed by atoms with E-state index in [9.17, 15) is 4.79 Å². The van der Waals surface area contributed by atoms with Crippen LogP contribution in [-0.4, -0.2) is 16.6 Å². The Labute approximate surface area is 159 Å². The number of amides is 1. The number of thioether (sulfide) groups is 1. The van der Waals surface area contributed by atoms with Gasteiger partial charge in [-0.05, 0) is 36.2 Å². The smallest absolute Gasteiger partial charge is 0.256 e. The second-order valence-electron chi connectivity index (χ2n) is 5.39. The number of benzene rings is 2. The molecule has 2 aromatic carbocycles. The molecule has 1 heterocycles. The molecule has 4 nitrogen and oxygen atoms in total. The molecule has 0 saturated carbocycles. The van der Waals surface area contributed by atoms with Crippen molar-refractivity contribution in [2.75, 3.05) is 11.1 Å². The number of anilines is 1. The molecule has 0 aliphatic heterocycles. The van der Waals surface area contributed by atoms with Crippen molar-refractivity contribution in [3.63, 3.8) is 0 Å². The zero-order chi connectivity index (χ0) is 17.6. The van der Waals surface area contributed by atoms with Crippen molar-refractivity contribution in [1.29, 1.82) is 0 Å². The van der Waals surface area contributed by atoms with E-state index in [2.05, 4.69) is 33.2 Å². The molecule has 3 aromatic rings. The maximum absolute atomic E-state index is 12.1. The van der Waals surface area contributed by atoms with Gasteiger partial charge in [0.25, 0.3) is 5.22 Å². The minimum atomic E-state index is -0.0829. The first-order valence-electron chi connectivity index (χ1n) is 7.87. The van der Waals surface area contributed by atoms with Gasteiger partial charge < -0.3 is 9.73 Å². The van der Waals surface area contributed by atoms with E-state index in [1.165, 1.54) is 17.3 Å². The number of hydrogen-bond acceptors (Lipinski definition) is 4. The summed E-state index contributed by atoms with van der Waals surface area (Å²) in [5, 5.41) is 3.38. The lowest BCUT2D eigenvalue weighted by Gasteiger charge is -2.05. The average molecular weight is 417 g/mol. The van der Waals surface area contributed by atoms with Crippen LogP contribution in [0, 0.1) is 0 Å². The molecule has 0 saturated heterocycles. The molecule has 0 unspecified atom stereocenters. The van der Waals surface area contributed by atoms with Crippen LogP contribution >= 0.6 is 27.7 Å². The van der Waals surface area contributed by atoms with Crippen LogP contribution in [0.25, 0.3) is 11.3 Å². The molecule has 0 bridgehead atoms. The first kappa shape index (κ1) is 17.8. The van der Waals surface area contributed by atoms with Crippen molar-refractivity contribution in [2.24, 2.45) is 0 Å².